The Kier molecular flexibility index (Phi) is 10.5. The Bertz CT molecular complexity index is 1950. The number of carbonyl (C=O) groups excluding carboxylic acids is 1. The monoisotopic (exact) mass is 703 g/mol. The van der Waals surface area contributed by atoms with Crippen molar-refractivity contribution in [3.05, 3.63) is 92.5 Å². The third-order valence-corrected chi connectivity index (χ3v) is 9.22. The van der Waals surface area contributed by atoms with Gasteiger partial charge < -0.3 is 47.4 Å². The molecule has 0 unspecified atom stereocenters. The molecule has 0 bridgehead atoms. The summed E-state index contributed by atoms with van der Waals surface area (Å²) in [6.45, 7) is 1.48. The van der Waals surface area contributed by atoms with Crippen molar-refractivity contribution >= 4 is 5.97 Å². The Morgan fingerprint density at radius 3 is 2.16 bits per heavy atom. The summed E-state index contributed by atoms with van der Waals surface area (Å²) in [5, 5.41) is 11.1. The SMILES string of the molecule is COC(=O)C[C@H](c1ccc2c(c1)OCCO2)c1oc(CN2CCc3cc(OC)c(OC)cc3[C@@H]2c2cc(OC)c(OC)c(OC)c2)cc(=O)c1O. The fourth-order valence-corrected chi connectivity index (χ4v) is 6.78. The summed E-state index contributed by atoms with van der Waals surface area (Å²) in [5.41, 5.74) is 2.73. The van der Waals surface area contributed by atoms with Crippen molar-refractivity contribution < 1.29 is 52.2 Å². The van der Waals surface area contributed by atoms with Crippen LogP contribution in [0.2, 0.25) is 0 Å². The minimum Gasteiger partial charge on any atom is -0.502 e. The van der Waals surface area contributed by atoms with Crippen LogP contribution in [0.1, 0.15) is 52.2 Å². The second-order valence-corrected chi connectivity index (χ2v) is 12.0. The molecule has 1 N–H and O–H groups in total. The average molecular weight is 704 g/mol. The zero-order chi connectivity index (χ0) is 36.2. The quantitative estimate of drug-likeness (QED) is 0.198. The molecule has 2 atom stereocenters. The van der Waals surface area contributed by atoms with Gasteiger partial charge in [-0.05, 0) is 65.1 Å². The summed E-state index contributed by atoms with van der Waals surface area (Å²) < 4.78 is 51.2. The van der Waals surface area contributed by atoms with Gasteiger partial charge in [-0.25, -0.2) is 0 Å². The van der Waals surface area contributed by atoms with E-state index in [1.165, 1.54) is 13.2 Å². The predicted molar refractivity (Wildman–Crippen MR) is 184 cm³/mol. The maximum absolute atomic E-state index is 13.4. The lowest BCUT2D eigenvalue weighted by Gasteiger charge is -2.38. The van der Waals surface area contributed by atoms with Crippen LogP contribution in [-0.4, -0.2) is 78.4 Å². The highest BCUT2D eigenvalue weighted by molar-refractivity contribution is 5.71. The molecule has 13 heteroatoms. The van der Waals surface area contributed by atoms with Crippen molar-refractivity contribution in [2.24, 2.45) is 0 Å². The molecule has 1 aromatic heterocycles. The Hall–Kier alpha value is -5.56. The first kappa shape index (κ1) is 35.3. The maximum Gasteiger partial charge on any atom is 0.306 e. The van der Waals surface area contributed by atoms with Crippen molar-refractivity contribution in [2.45, 2.75) is 31.3 Å². The van der Waals surface area contributed by atoms with E-state index in [2.05, 4.69) is 4.90 Å². The molecule has 3 aromatic carbocycles. The number of methoxy groups -OCH3 is 6. The van der Waals surface area contributed by atoms with Gasteiger partial charge in [-0.15, -0.1) is 0 Å². The number of benzene rings is 3. The molecule has 3 heterocycles. The summed E-state index contributed by atoms with van der Waals surface area (Å²) in [6.07, 6.45) is 0.441. The van der Waals surface area contributed by atoms with E-state index in [1.807, 2.05) is 24.3 Å². The van der Waals surface area contributed by atoms with Gasteiger partial charge in [0.1, 0.15) is 19.0 Å². The molecular weight excluding hydrogens is 662 g/mol. The number of hydrogen-bond donors (Lipinski definition) is 1. The molecule has 0 radical (unpaired) electrons. The van der Waals surface area contributed by atoms with Gasteiger partial charge in [0.2, 0.25) is 16.9 Å². The smallest absolute Gasteiger partial charge is 0.306 e. The normalized spacial score (nSPS) is 15.7. The predicted octanol–water partition coefficient (Wildman–Crippen LogP) is 5.00. The number of fused-ring (bicyclic) bond motifs is 2. The molecule has 51 heavy (non-hydrogen) atoms. The number of ether oxygens (including phenoxy) is 8. The van der Waals surface area contributed by atoms with E-state index < -0.39 is 29.1 Å². The second-order valence-electron chi connectivity index (χ2n) is 12.0. The standard InChI is InChI=1S/C38H41NO12/c1-43-29-13-22-9-10-39(35(25(22)18-30(29)44-2)23-15-32(45-3)38(48-6)33(16-23)46-4)20-24-17-27(40)36(42)37(51-24)26(19-34(41)47-5)21-7-8-28-31(14-21)50-12-11-49-28/h7-8,13-18,26,35,42H,9-12,19-20H2,1-6H3/t26-,35+/m1/s1. The molecular formula is C38H41NO12. The van der Waals surface area contributed by atoms with Crippen LogP contribution in [0.3, 0.4) is 0 Å². The summed E-state index contributed by atoms with van der Waals surface area (Å²) >= 11 is 0. The number of hydrogen-bond acceptors (Lipinski definition) is 13. The maximum atomic E-state index is 13.4. The number of carbonyl (C=O) groups is 1. The van der Waals surface area contributed by atoms with E-state index in [-0.39, 0.29) is 24.5 Å². The van der Waals surface area contributed by atoms with Crippen LogP contribution in [0.15, 0.2) is 57.7 Å². The molecule has 0 amide bonds. The van der Waals surface area contributed by atoms with Gasteiger partial charge in [0.15, 0.2) is 40.3 Å². The third kappa shape index (κ3) is 6.93. The van der Waals surface area contributed by atoms with Gasteiger partial charge in [0.25, 0.3) is 0 Å². The van der Waals surface area contributed by atoms with Gasteiger partial charge in [-0.2, -0.15) is 0 Å². The van der Waals surface area contributed by atoms with E-state index >= 15 is 0 Å². The van der Waals surface area contributed by atoms with Gasteiger partial charge in [0.05, 0.1) is 67.6 Å². The summed E-state index contributed by atoms with van der Waals surface area (Å²) in [7, 11) is 9.11. The summed E-state index contributed by atoms with van der Waals surface area (Å²) in [4.78, 5) is 28.2. The minimum atomic E-state index is -0.870. The van der Waals surface area contributed by atoms with Gasteiger partial charge in [-0.3, -0.25) is 14.5 Å². The van der Waals surface area contributed by atoms with Crippen molar-refractivity contribution in [2.75, 3.05) is 62.4 Å². The van der Waals surface area contributed by atoms with E-state index in [0.29, 0.717) is 72.0 Å². The Balaban J connectivity index is 1.46. The molecule has 2 aliphatic rings. The summed E-state index contributed by atoms with van der Waals surface area (Å²) in [5.74, 6) is 1.80. The zero-order valence-corrected chi connectivity index (χ0v) is 29.4. The van der Waals surface area contributed by atoms with Crippen LogP contribution >= 0.6 is 0 Å². The van der Waals surface area contributed by atoms with E-state index in [4.69, 9.17) is 42.3 Å². The minimum absolute atomic E-state index is 0.0623. The first-order chi connectivity index (χ1) is 24.7. The Morgan fingerprint density at radius 2 is 1.51 bits per heavy atom. The van der Waals surface area contributed by atoms with Crippen LogP contribution in [0, 0.1) is 0 Å². The second kappa shape index (κ2) is 15.1. The first-order valence-electron chi connectivity index (χ1n) is 16.3. The largest absolute Gasteiger partial charge is 0.502 e. The number of aromatic hydroxyl groups is 1. The van der Waals surface area contributed by atoms with Crippen molar-refractivity contribution in [3.63, 3.8) is 0 Å². The molecule has 0 fully saturated rings. The summed E-state index contributed by atoms with van der Waals surface area (Å²) in [6, 6.07) is 13.7. The number of esters is 1. The fraction of sp³-hybridized carbons (Fsp3) is 0.368. The van der Waals surface area contributed by atoms with Crippen molar-refractivity contribution in [1.82, 2.24) is 4.90 Å². The molecule has 0 saturated heterocycles. The molecule has 2 aliphatic heterocycles. The van der Waals surface area contributed by atoms with Crippen molar-refractivity contribution in [1.29, 1.82) is 0 Å². The van der Waals surface area contributed by atoms with Crippen LogP contribution in [0.4, 0.5) is 0 Å². The van der Waals surface area contributed by atoms with Crippen LogP contribution in [-0.2, 0) is 22.5 Å². The van der Waals surface area contributed by atoms with Crippen LogP contribution < -0.4 is 38.6 Å². The van der Waals surface area contributed by atoms with E-state index in [1.54, 1.807) is 53.7 Å². The topological polar surface area (TPSA) is 145 Å². The van der Waals surface area contributed by atoms with E-state index in [0.717, 1.165) is 16.7 Å². The van der Waals surface area contributed by atoms with E-state index in [9.17, 15) is 14.7 Å². The lowest BCUT2D eigenvalue weighted by Crippen LogP contribution is -2.36. The molecule has 0 saturated carbocycles. The van der Waals surface area contributed by atoms with Gasteiger partial charge >= 0.3 is 5.97 Å². The lowest BCUT2D eigenvalue weighted by atomic mass is 9.87. The van der Waals surface area contributed by atoms with Gasteiger partial charge in [-0.1, -0.05) is 6.07 Å². The molecule has 270 valence electrons. The van der Waals surface area contributed by atoms with Crippen LogP contribution in [0.25, 0.3) is 0 Å². The van der Waals surface area contributed by atoms with Crippen LogP contribution in [0.5, 0.6) is 46.0 Å². The molecule has 0 aliphatic carbocycles. The Labute approximate surface area is 295 Å². The number of nitrogens with zero attached hydrogens (tertiary/aromatic N) is 1. The molecule has 6 rings (SSSR count). The molecule has 4 aromatic rings. The fourth-order valence-electron chi connectivity index (χ4n) is 6.78. The average Bonchev–Trinajstić information content (AvgIpc) is 3.16. The molecule has 0 spiro atoms. The highest BCUT2D eigenvalue weighted by Crippen LogP contribution is 2.47. The first-order valence-corrected chi connectivity index (χ1v) is 16.3. The highest BCUT2D eigenvalue weighted by Gasteiger charge is 2.34. The zero-order valence-electron chi connectivity index (χ0n) is 29.4. The lowest BCUT2D eigenvalue weighted by molar-refractivity contribution is -0.140. The number of rotatable bonds is 12. The third-order valence-electron chi connectivity index (χ3n) is 9.22. The molecule has 13 nitrogen and oxygen atoms in total. The van der Waals surface area contributed by atoms with Crippen molar-refractivity contribution in [3.8, 4) is 46.0 Å². The highest BCUT2D eigenvalue weighted by atomic mass is 16.6. The Morgan fingerprint density at radius 1 is 0.843 bits per heavy atom. The van der Waals surface area contributed by atoms with Gasteiger partial charge in [0, 0.05) is 12.6 Å².